The van der Waals surface area contributed by atoms with Gasteiger partial charge in [-0.05, 0) is 62.1 Å². The Morgan fingerprint density at radius 2 is 1.79 bits per heavy atom. The lowest BCUT2D eigenvalue weighted by Crippen LogP contribution is -2.20. The smallest absolute Gasteiger partial charge is 0.175 e. The maximum absolute atomic E-state index is 13.7. The molecule has 7 heteroatoms. The van der Waals surface area contributed by atoms with Gasteiger partial charge in [0.15, 0.2) is 9.84 Å². The molecule has 0 aliphatic rings. The predicted octanol–water partition coefficient (Wildman–Crippen LogP) is 3.92. The Labute approximate surface area is 170 Å². The van der Waals surface area contributed by atoms with Crippen LogP contribution in [-0.2, 0) is 9.84 Å². The molecule has 0 unspecified atom stereocenters. The molecule has 0 bridgehead atoms. The number of likely N-dealkylation sites (N-methyl/N-ethyl adjacent to an activating group) is 1. The Balaban J connectivity index is 1.90. The molecule has 0 radical (unpaired) electrons. The minimum absolute atomic E-state index is 0.285. The fourth-order valence-electron chi connectivity index (χ4n) is 2.87. The van der Waals surface area contributed by atoms with Gasteiger partial charge in [-0.3, -0.25) is 0 Å². The van der Waals surface area contributed by atoms with Crippen LogP contribution in [0.25, 0.3) is 23.1 Å². The summed E-state index contributed by atoms with van der Waals surface area (Å²) in [5.41, 5.74) is 3.11. The molecule has 1 heterocycles. The van der Waals surface area contributed by atoms with Crippen LogP contribution < -0.4 is 5.32 Å². The number of anilines is 1. The third-order valence-electron chi connectivity index (χ3n) is 4.42. The van der Waals surface area contributed by atoms with Gasteiger partial charge in [-0.1, -0.05) is 18.2 Å². The van der Waals surface area contributed by atoms with E-state index in [9.17, 15) is 12.8 Å². The molecule has 0 aliphatic heterocycles. The fourth-order valence-corrected chi connectivity index (χ4v) is 3.50. The van der Waals surface area contributed by atoms with E-state index in [0.29, 0.717) is 5.52 Å². The van der Waals surface area contributed by atoms with E-state index in [2.05, 4.69) is 15.2 Å². The van der Waals surface area contributed by atoms with Crippen LogP contribution in [0, 0.1) is 5.82 Å². The zero-order valence-corrected chi connectivity index (χ0v) is 17.5. The Kier molecular flexibility index (Phi) is 6.30. The highest BCUT2D eigenvalue weighted by Gasteiger charge is 2.07. The molecular formula is C22H24FN3O2S. The quantitative estimate of drug-likeness (QED) is 0.636. The SMILES string of the molecule is CN(C)CCNc1cc(C=Cc2ccc(S(C)(=O)=O)cc2)nc2ccc(F)cc12. The van der Waals surface area contributed by atoms with Gasteiger partial charge in [-0.15, -0.1) is 0 Å². The maximum Gasteiger partial charge on any atom is 0.175 e. The van der Waals surface area contributed by atoms with Crippen molar-refractivity contribution in [2.45, 2.75) is 4.90 Å². The van der Waals surface area contributed by atoms with Crippen LogP contribution in [0.15, 0.2) is 53.4 Å². The normalized spacial score (nSPS) is 12.2. The molecule has 0 aliphatic carbocycles. The number of aromatic nitrogens is 1. The van der Waals surface area contributed by atoms with E-state index in [1.165, 1.54) is 18.4 Å². The van der Waals surface area contributed by atoms with Crippen molar-refractivity contribution in [1.29, 1.82) is 0 Å². The highest BCUT2D eigenvalue weighted by atomic mass is 32.2. The summed E-state index contributed by atoms with van der Waals surface area (Å²) in [6.07, 6.45) is 4.91. The number of nitrogens with one attached hydrogen (secondary N) is 1. The van der Waals surface area contributed by atoms with Gasteiger partial charge in [0.2, 0.25) is 0 Å². The van der Waals surface area contributed by atoms with Gasteiger partial charge < -0.3 is 10.2 Å². The predicted molar refractivity (Wildman–Crippen MR) is 117 cm³/mol. The number of hydrogen-bond donors (Lipinski definition) is 1. The third-order valence-corrected chi connectivity index (χ3v) is 5.55. The molecule has 1 N–H and O–H groups in total. The first-order chi connectivity index (χ1) is 13.7. The lowest BCUT2D eigenvalue weighted by molar-refractivity contribution is 0.425. The molecule has 0 atom stereocenters. The minimum atomic E-state index is -3.21. The molecule has 0 saturated heterocycles. The van der Waals surface area contributed by atoms with Crippen molar-refractivity contribution >= 4 is 38.6 Å². The molecule has 5 nitrogen and oxygen atoms in total. The van der Waals surface area contributed by atoms with Crippen LogP contribution in [0.5, 0.6) is 0 Å². The molecule has 0 spiro atoms. The van der Waals surface area contributed by atoms with E-state index in [-0.39, 0.29) is 10.7 Å². The molecule has 0 saturated carbocycles. The number of hydrogen-bond acceptors (Lipinski definition) is 5. The third kappa shape index (κ3) is 5.62. The molecule has 1 aromatic heterocycles. The monoisotopic (exact) mass is 413 g/mol. The molecule has 29 heavy (non-hydrogen) atoms. The summed E-state index contributed by atoms with van der Waals surface area (Å²) in [7, 11) is 0.776. The van der Waals surface area contributed by atoms with Gasteiger partial charge in [0.25, 0.3) is 0 Å². The molecular weight excluding hydrogens is 389 g/mol. The van der Waals surface area contributed by atoms with Gasteiger partial charge in [-0.25, -0.2) is 17.8 Å². The van der Waals surface area contributed by atoms with E-state index in [4.69, 9.17) is 0 Å². The van der Waals surface area contributed by atoms with Crippen molar-refractivity contribution in [2.24, 2.45) is 0 Å². The molecule has 3 rings (SSSR count). The number of rotatable bonds is 7. The molecule has 0 fully saturated rings. The van der Waals surface area contributed by atoms with Crippen LogP contribution in [-0.4, -0.2) is 51.7 Å². The average molecular weight is 414 g/mol. The van der Waals surface area contributed by atoms with Crippen molar-refractivity contribution in [3.05, 3.63) is 65.6 Å². The zero-order chi connectivity index (χ0) is 21.0. The van der Waals surface area contributed by atoms with Crippen molar-refractivity contribution in [3.8, 4) is 0 Å². The second kappa shape index (κ2) is 8.71. The first kappa shape index (κ1) is 21.0. The van der Waals surface area contributed by atoms with Crippen LogP contribution in [0.2, 0.25) is 0 Å². The Bertz CT molecular complexity index is 1140. The maximum atomic E-state index is 13.7. The van der Waals surface area contributed by atoms with Crippen molar-refractivity contribution in [3.63, 3.8) is 0 Å². The van der Waals surface area contributed by atoms with Crippen molar-refractivity contribution in [2.75, 3.05) is 38.8 Å². The average Bonchev–Trinajstić information content (AvgIpc) is 2.66. The largest absolute Gasteiger partial charge is 0.383 e. The van der Waals surface area contributed by atoms with Crippen LogP contribution >= 0.6 is 0 Å². The van der Waals surface area contributed by atoms with Crippen molar-refractivity contribution < 1.29 is 12.8 Å². The van der Waals surface area contributed by atoms with E-state index in [1.54, 1.807) is 30.3 Å². The summed E-state index contributed by atoms with van der Waals surface area (Å²) in [5, 5.41) is 4.09. The van der Waals surface area contributed by atoms with Crippen LogP contribution in [0.3, 0.4) is 0 Å². The molecule has 0 amide bonds. The summed E-state index contributed by atoms with van der Waals surface area (Å²) >= 11 is 0. The van der Waals surface area contributed by atoms with Crippen molar-refractivity contribution in [1.82, 2.24) is 9.88 Å². The van der Waals surface area contributed by atoms with E-state index in [1.807, 2.05) is 32.3 Å². The Hall–Kier alpha value is -2.77. The highest BCUT2D eigenvalue weighted by molar-refractivity contribution is 7.90. The van der Waals surface area contributed by atoms with Gasteiger partial charge in [-0.2, -0.15) is 0 Å². The second-order valence-corrected chi connectivity index (χ2v) is 9.18. The number of sulfone groups is 1. The topological polar surface area (TPSA) is 62.3 Å². The summed E-state index contributed by atoms with van der Waals surface area (Å²) in [4.78, 5) is 6.94. The summed E-state index contributed by atoms with van der Waals surface area (Å²) in [6, 6.07) is 13.1. The Morgan fingerprint density at radius 3 is 2.45 bits per heavy atom. The first-order valence-electron chi connectivity index (χ1n) is 9.19. The fraction of sp³-hybridized carbons (Fsp3) is 0.227. The highest BCUT2D eigenvalue weighted by Crippen LogP contribution is 2.25. The van der Waals surface area contributed by atoms with E-state index >= 15 is 0 Å². The van der Waals surface area contributed by atoms with Gasteiger partial charge in [0.1, 0.15) is 5.82 Å². The van der Waals surface area contributed by atoms with E-state index in [0.717, 1.165) is 35.4 Å². The number of halogens is 1. The lowest BCUT2D eigenvalue weighted by atomic mass is 10.1. The lowest BCUT2D eigenvalue weighted by Gasteiger charge is -2.14. The van der Waals surface area contributed by atoms with Gasteiger partial charge in [0, 0.05) is 30.4 Å². The van der Waals surface area contributed by atoms with Gasteiger partial charge >= 0.3 is 0 Å². The van der Waals surface area contributed by atoms with Crippen LogP contribution in [0.1, 0.15) is 11.3 Å². The summed E-state index contributed by atoms with van der Waals surface area (Å²) < 4.78 is 36.9. The number of pyridine rings is 1. The molecule has 3 aromatic rings. The molecule has 2 aromatic carbocycles. The van der Waals surface area contributed by atoms with Crippen LogP contribution in [0.4, 0.5) is 10.1 Å². The van der Waals surface area contributed by atoms with Gasteiger partial charge in [0.05, 0.1) is 16.1 Å². The minimum Gasteiger partial charge on any atom is -0.383 e. The Morgan fingerprint density at radius 1 is 1.07 bits per heavy atom. The molecule has 152 valence electrons. The number of benzene rings is 2. The summed E-state index contributed by atoms with van der Waals surface area (Å²) in [6.45, 7) is 1.57. The number of nitrogens with zero attached hydrogens (tertiary/aromatic N) is 2. The zero-order valence-electron chi connectivity index (χ0n) is 16.7. The summed E-state index contributed by atoms with van der Waals surface area (Å²) in [5.74, 6) is -0.302. The second-order valence-electron chi connectivity index (χ2n) is 7.16. The standard InChI is InChI=1S/C22H24FN3O2S/c1-26(2)13-12-24-22-15-18(25-21-11-7-17(23)14-20(21)22)8-4-16-5-9-19(10-6-16)29(3,27)28/h4-11,14-15H,12-13H2,1-3H3,(H,24,25). The van der Waals surface area contributed by atoms with E-state index < -0.39 is 9.84 Å². The first-order valence-corrected chi connectivity index (χ1v) is 11.1. The number of fused-ring (bicyclic) bond motifs is 1.